The number of nitrogens with one attached hydrogen (secondary N) is 2. The zero-order valence-electron chi connectivity index (χ0n) is 17.3. The molecule has 0 radical (unpaired) electrons. The second-order valence-corrected chi connectivity index (χ2v) is 7.16. The number of carbonyl (C=O) groups excluding carboxylic acids is 2. The number of nitrogens with zero attached hydrogens (tertiary/aromatic N) is 1. The van der Waals surface area contributed by atoms with Crippen LogP contribution in [-0.4, -0.2) is 22.0 Å². The van der Waals surface area contributed by atoms with Crippen LogP contribution in [0.5, 0.6) is 5.75 Å². The summed E-state index contributed by atoms with van der Waals surface area (Å²) in [7, 11) is 0. The Morgan fingerprint density at radius 3 is 2.06 bits per heavy atom. The van der Waals surface area contributed by atoms with Crippen LogP contribution in [0.3, 0.4) is 0 Å². The van der Waals surface area contributed by atoms with Gasteiger partial charge in [-0.25, -0.2) is 9.78 Å². The van der Waals surface area contributed by atoms with E-state index in [4.69, 9.17) is 17.0 Å². The first kappa shape index (κ1) is 22.1. The highest BCUT2D eigenvalue weighted by molar-refractivity contribution is 7.80. The van der Waals surface area contributed by atoms with Crippen molar-refractivity contribution >= 4 is 35.0 Å². The van der Waals surface area contributed by atoms with Crippen LogP contribution in [0, 0.1) is 0 Å². The summed E-state index contributed by atoms with van der Waals surface area (Å²) in [6.45, 7) is 4.09. The number of benzene rings is 2. The smallest absolute Gasteiger partial charge is 0.343 e. The van der Waals surface area contributed by atoms with Gasteiger partial charge in [-0.3, -0.25) is 10.1 Å². The molecule has 2 aromatic carbocycles. The summed E-state index contributed by atoms with van der Waals surface area (Å²) < 4.78 is 5.48. The molecule has 0 aliphatic carbocycles. The molecule has 7 heteroatoms. The van der Waals surface area contributed by atoms with Crippen molar-refractivity contribution in [3.63, 3.8) is 0 Å². The Labute approximate surface area is 186 Å². The van der Waals surface area contributed by atoms with Crippen molar-refractivity contribution in [2.45, 2.75) is 26.7 Å². The van der Waals surface area contributed by atoms with E-state index in [0.29, 0.717) is 11.1 Å². The first-order valence-corrected chi connectivity index (χ1v) is 10.4. The summed E-state index contributed by atoms with van der Waals surface area (Å²) >= 11 is 5.23. The predicted molar refractivity (Wildman–Crippen MR) is 125 cm³/mol. The summed E-state index contributed by atoms with van der Waals surface area (Å²) in [5, 5.41) is 5.48. The fourth-order valence-corrected chi connectivity index (χ4v) is 3.00. The number of aromatic nitrogens is 1. The van der Waals surface area contributed by atoms with E-state index in [9.17, 15) is 9.59 Å². The predicted octanol–water partition coefficient (Wildman–Crippen LogP) is 4.55. The Hall–Kier alpha value is -3.58. The average molecular weight is 434 g/mol. The van der Waals surface area contributed by atoms with Crippen molar-refractivity contribution in [3.8, 4) is 5.75 Å². The summed E-state index contributed by atoms with van der Waals surface area (Å²) in [5.74, 6) is -0.418. The lowest BCUT2D eigenvalue weighted by Crippen LogP contribution is -2.34. The van der Waals surface area contributed by atoms with Gasteiger partial charge in [-0.2, -0.15) is 0 Å². The third-order valence-electron chi connectivity index (χ3n) is 4.65. The number of rotatable bonds is 6. The van der Waals surface area contributed by atoms with Gasteiger partial charge in [0, 0.05) is 11.8 Å². The number of thiocarbonyl (C=S) groups is 1. The Morgan fingerprint density at radius 2 is 1.48 bits per heavy atom. The quantitative estimate of drug-likeness (QED) is 0.438. The summed E-state index contributed by atoms with van der Waals surface area (Å²) in [4.78, 5) is 29.1. The third-order valence-corrected chi connectivity index (χ3v) is 4.86. The lowest BCUT2D eigenvalue weighted by Gasteiger charge is -2.12. The van der Waals surface area contributed by atoms with E-state index in [1.165, 1.54) is 6.20 Å². The standard InChI is InChI=1S/C24H23N3O3S/c1-3-16-7-11-18(12-8-16)22(28)27-24(31)26-21-20(6-5-15-25-21)30-23(29)19-13-9-17(4-2)10-14-19/h5-15H,3-4H2,1-2H3,(H2,25,26,27,28,31). The number of hydrogen-bond donors (Lipinski definition) is 2. The Bertz CT molecular complexity index is 1080. The monoisotopic (exact) mass is 433 g/mol. The minimum atomic E-state index is -0.510. The number of esters is 1. The second-order valence-electron chi connectivity index (χ2n) is 6.75. The number of hydrogen-bond acceptors (Lipinski definition) is 5. The molecule has 1 aromatic heterocycles. The van der Waals surface area contributed by atoms with Gasteiger partial charge in [-0.1, -0.05) is 38.1 Å². The van der Waals surface area contributed by atoms with Gasteiger partial charge in [0.25, 0.3) is 5.91 Å². The summed E-state index contributed by atoms with van der Waals surface area (Å²) in [5.41, 5.74) is 3.19. The van der Waals surface area contributed by atoms with Crippen LogP contribution in [0.2, 0.25) is 0 Å². The van der Waals surface area contributed by atoms with Gasteiger partial charge in [0.15, 0.2) is 16.7 Å². The van der Waals surface area contributed by atoms with Crippen LogP contribution in [0.25, 0.3) is 0 Å². The normalized spacial score (nSPS) is 10.3. The molecule has 0 saturated carbocycles. The number of ether oxygens (including phenoxy) is 1. The number of carbonyl (C=O) groups is 2. The fraction of sp³-hybridized carbons (Fsp3) is 0.167. The SMILES string of the molecule is CCc1ccc(C(=O)NC(=S)Nc2ncccc2OC(=O)c2ccc(CC)cc2)cc1. The lowest BCUT2D eigenvalue weighted by atomic mass is 10.1. The molecule has 0 atom stereocenters. The molecule has 3 aromatic rings. The number of anilines is 1. The number of pyridine rings is 1. The van der Waals surface area contributed by atoms with Crippen molar-refractivity contribution in [1.82, 2.24) is 10.3 Å². The molecule has 0 aliphatic heterocycles. The second kappa shape index (κ2) is 10.4. The average Bonchev–Trinajstić information content (AvgIpc) is 2.80. The molecule has 158 valence electrons. The molecular formula is C24H23N3O3S. The van der Waals surface area contributed by atoms with Crippen LogP contribution >= 0.6 is 12.2 Å². The van der Waals surface area contributed by atoms with Crippen molar-refractivity contribution < 1.29 is 14.3 Å². The van der Waals surface area contributed by atoms with Crippen LogP contribution < -0.4 is 15.4 Å². The molecule has 0 spiro atoms. The van der Waals surface area contributed by atoms with Crippen molar-refractivity contribution in [3.05, 3.63) is 89.1 Å². The van der Waals surface area contributed by atoms with Gasteiger partial charge < -0.3 is 10.1 Å². The van der Waals surface area contributed by atoms with Gasteiger partial charge in [-0.15, -0.1) is 0 Å². The molecule has 0 bridgehead atoms. The van der Waals surface area contributed by atoms with Crippen LogP contribution in [0.15, 0.2) is 66.9 Å². The molecule has 0 aliphatic rings. The maximum Gasteiger partial charge on any atom is 0.343 e. The molecule has 6 nitrogen and oxygen atoms in total. The third kappa shape index (κ3) is 5.96. The van der Waals surface area contributed by atoms with Crippen molar-refractivity contribution in [2.75, 3.05) is 5.32 Å². The van der Waals surface area contributed by atoms with E-state index < -0.39 is 5.97 Å². The van der Waals surface area contributed by atoms with Crippen molar-refractivity contribution in [1.29, 1.82) is 0 Å². The summed E-state index contributed by atoms with van der Waals surface area (Å²) in [6, 6.07) is 17.7. The van der Waals surface area contributed by atoms with Gasteiger partial charge in [0.1, 0.15) is 0 Å². The Kier molecular flexibility index (Phi) is 7.45. The van der Waals surface area contributed by atoms with E-state index in [1.807, 2.05) is 38.1 Å². The highest BCUT2D eigenvalue weighted by Crippen LogP contribution is 2.22. The van der Waals surface area contributed by atoms with Gasteiger partial charge in [0.2, 0.25) is 0 Å². The van der Waals surface area contributed by atoms with Crippen LogP contribution in [0.4, 0.5) is 5.82 Å². The molecule has 3 rings (SSSR count). The minimum Gasteiger partial charge on any atom is -0.419 e. The van der Waals surface area contributed by atoms with Gasteiger partial charge in [0.05, 0.1) is 5.56 Å². The molecule has 31 heavy (non-hydrogen) atoms. The summed E-state index contributed by atoms with van der Waals surface area (Å²) in [6.07, 6.45) is 3.31. The molecule has 1 amide bonds. The minimum absolute atomic E-state index is 0.0489. The highest BCUT2D eigenvalue weighted by atomic mass is 32.1. The number of amides is 1. The van der Waals surface area contributed by atoms with Gasteiger partial charge >= 0.3 is 5.97 Å². The highest BCUT2D eigenvalue weighted by Gasteiger charge is 2.15. The fourth-order valence-electron chi connectivity index (χ4n) is 2.81. The molecule has 1 heterocycles. The maximum absolute atomic E-state index is 12.5. The van der Waals surface area contributed by atoms with E-state index in [1.54, 1.807) is 36.4 Å². The van der Waals surface area contributed by atoms with E-state index in [-0.39, 0.29) is 22.6 Å². The van der Waals surface area contributed by atoms with E-state index >= 15 is 0 Å². The number of aryl methyl sites for hydroxylation is 2. The molecule has 2 N–H and O–H groups in total. The molecule has 0 fully saturated rings. The van der Waals surface area contributed by atoms with Crippen LogP contribution in [-0.2, 0) is 12.8 Å². The lowest BCUT2D eigenvalue weighted by molar-refractivity contribution is 0.0735. The zero-order valence-corrected chi connectivity index (χ0v) is 18.2. The van der Waals surface area contributed by atoms with E-state index in [0.717, 1.165) is 24.0 Å². The Morgan fingerprint density at radius 1 is 0.903 bits per heavy atom. The van der Waals surface area contributed by atoms with E-state index in [2.05, 4.69) is 15.6 Å². The maximum atomic E-state index is 12.5. The first-order valence-electron chi connectivity index (χ1n) is 9.97. The zero-order chi connectivity index (χ0) is 22.2. The van der Waals surface area contributed by atoms with Crippen LogP contribution in [0.1, 0.15) is 45.7 Å². The first-order chi connectivity index (χ1) is 15.0. The molecular weight excluding hydrogens is 410 g/mol. The molecule has 0 saturated heterocycles. The topological polar surface area (TPSA) is 80.3 Å². The van der Waals surface area contributed by atoms with Crippen molar-refractivity contribution in [2.24, 2.45) is 0 Å². The molecule has 0 unspecified atom stereocenters. The van der Waals surface area contributed by atoms with Gasteiger partial charge in [-0.05, 0) is 72.6 Å². The largest absolute Gasteiger partial charge is 0.419 e. The Balaban J connectivity index is 1.65.